The number of hydrogen-bond donors (Lipinski definition) is 1. The lowest BCUT2D eigenvalue weighted by Gasteiger charge is -2.13. The van der Waals surface area contributed by atoms with Crippen LogP contribution in [0.15, 0.2) is 53.9 Å². The van der Waals surface area contributed by atoms with Crippen LogP contribution < -0.4 is 14.8 Å². The summed E-state index contributed by atoms with van der Waals surface area (Å²) in [6.07, 6.45) is 3.45. The first-order valence-corrected chi connectivity index (χ1v) is 9.97. The molecule has 0 spiro atoms. The molecule has 1 amide bonds. The second kappa shape index (κ2) is 9.88. The Balaban J connectivity index is 1.61. The molecule has 8 heteroatoms. The van der Waals surface area contributed by atoms with E-state index in [4.69, 9.17) is 9.47 Å². The number of thioether (sulfide) groups is 1. The molecule has 7 nitrogen and oxygen atoms in total. The molecule has 0 aliphatic carbocycles. The van der Waals surface area contributed by atoms with Gasteiger partial charge in [-0.15, -0.1) is 0 Å². The number of ether oxygens (including phenoxy) is 2. The lowest BCUT2D eigenvalue weighted by molar-refractivity contribution is -0.113. The quantitative estimate of drug-likeness (QED) is 0.446. The van der Waals surface area contributed by atoms with Crippen molar-refractivity contribution in [3.8, 4) is 11.5 Å². The van der Waals surface area contributed by atoms with Gasteiger partial charge in [-0.3, -0.25) is 9.78 Å². The van der Waals surface area contributed by atoms with Gasteiger partial charge in [-0.25, -0.2) is 9.97 Å². The van der Waals surface area contributed by atoms with E-state index in [0.29, 0.717) is 28.9 Å². The van der Waals surface area contributed by atoms with E-state index < -0.39 is 0 Å². The molecule has 0 fully saturated rings. The average Bonchev–Trinajstić information content (AvgIpc) is 2.71. The molecule has 0 radical (unpaired) electrons. The molecule has 0 saturated heterocycles. The van der Waals surface area contributed by atoms with Crippen LogP contribution in [0.3, 0.4) is 0 Å². The molecule has 3 aromatic rings. The minimum Gasteiger partial charge on any atom is -0.493 e. The molecule has 0 bridgehead atoms. The Morgan fingerprint density at radius 1 is 1.10 bits per heavy atom. The van der Waals surface area contributed by atoms with Crippen molar-refractivity contribution in [2.24, 2.45) is 0 Å². The Morgan fingerprint density at radius 2 is 1.90 bits per heavy atom. The number of aromatic nitrogens is 3. The smallest absolute Gasteiger partial charge is 0.234 e. The fourth-order valence-electron chi connectivity index (χ4n) is 2.60. The van der Waals surface area contributed by atoms with Gasteiger partial charge in [-0.1, -0.05) is 17.8 Å². The first-order valence-electron chi connectivity index (χ1n) is 8.98. The van der Waals surface area contributed by atoms with Crippen LogP contribution >= 0.6 is 11.8 Å². The van der Waals surface area contributed by atoms with Crippen LogP contribution in [0.4, 0.5) is 5.69 Å². The Kier molecular flexibility index (Phi) is 7.02. The van der Waals surface area contributed by atoms with Crippen molar-refractivity contribution in [2.75, 3.05) is 18.2 Å². The van der Waals surface area contributed by atoms with Crippen molar-refractivity contribution in [1.82, 2.24) is 15.0 Å². The number of methoxy groups -OCH3 is 1. The van der Waals surface area contributed by atoms with Crippen molar-refractivity contribution in [2.45, 2.75) is 25.6 Å². The number of pyridine rings is 1. The van der Waals surface area contributed by atoms with E-state index in [1.807, 2.05) is 32.0 Å². The lowest BCUT2D eigenvalue weighted by atomic mass is 10.2. The summed E-state index contributed by atoms with van der Waals surface area (Å²) in [6, 6.07) is 10.9. The first kappa shape index (κ1) is 20.6. The van der Waals surface area contributed by atoms with Gasteiger partial charge in [0, 0.05) is 41.1 Å². The molecule has 150 valence electrons. The highest BCUT2D eigenvalue weighted by Gasteiger charge is 2.10. The molecule has 2 aromatic heterocycles. The van der Waals surface area contributed by atoms with Gasteiger partial charge in [0.15, 0.2) is 16.7 Å². The highest BCUT2D eigenvalue weighted by molar-refractivity contribution is 7.99. The summed E-state index contributed by atoms with van der Waals surface area (Å²) in [4.78, 5) is 25.1. The molecular formula is C21H22N4O3S. The topological polar surface area (TPSA) is 86.2 Å². The normalized spacial score (nSPS) is 10.4. The SMILES string of the molecule is COc1ccc(NC(=O)CSc2nc(C)cc(C)n2)cc1OCc1cccnc1. The maximum absolute atomic E-state index is 12.3. The third-order valence-corrected chi connectivity index (χ3v) is 4.71. The second-order valence-electron chi connectivity index (χ2n) is 6.29. The molecule has 1 N–H and O–H groups in total. The van der Waals surface area contributed by atoms with Crippen LogP contribution in [0, 0.1) is 13.8 Å². The number of nitrogens with one attached hydrogen (secondary N) is 1. The minimum atomic E-state index is -0.152. The van der Waals surface area contributed by atoms with Crippen molar-refractivity contribution >= 4 is 23.4 Å². The summed E-state index contributed by atoms with van der Waals surface area (Å²) in [5.41, 5.74) is 3.32. The average molecular weight is 410 g/mol. The molecule has 0 aliphatic heterocycles. The molecule has 0 aliphatic rings. The number of hydrogen-bond acceptors (Lipinski definition) is 7. The summed E-state index contributed by atoms with van der Waals surface area (Å²) in [6.45, 7) is 4.16. The Morgan fingerprint density at radius 3 is 2.59 bits per heavy atom. The number of aryl methyl sites for hydroxylation is 2. The molecular weight excluding hydrogens is 388 g/mol. The Bertz CT molecular complexity index is 963. The Hall–Kier alpha value is -3.13. The number of anilines is 1. The predicted octanol–water partition coefficient (Wildman–Crippen LogP) is 3.81. The molecule has 29 heavy (non-hydrogen) atoms. The molecule has 0 saturated carbocycles. The summed E-state index contributed by atoms with van der Waals surface area (Å²) in [5.74, 6) is 1.19. The van der Waals surface area contributed by atoms with Gasteiger partial charge in [-0.2, -0.15) is 0 Å². The number of benzene rings is 1. The highest BCUT2D eigenvalue weighted by Crippen LogP contribution is 2.31. The molecule has 1 aromatic carbocycles. The van der Waals surface area contributed by atoms with Gasteiger partial charge in [0.2, 0.25) is 5.91 Å². The van der Waals surface area contributed by atoms with Gasteiger partial charge in [0.25, 0.3) is 0 Å². The summed E-state index contributed by atoms with van der Waals surface area (Å²) >= 11 is 1.30. The third-order valence-electron chi connectivity index (χ3n) is 3.86. The standard InChI is InChI=1S/C21H22N4O3S/c1-14-9-15(2)24-21(23-14)29-13-20(26)25-17-6-7-18(27-3)19(10-17)28-12-16-5-4-8-22-11-16/h4-11H,12-13H2,1-3H3,(H,25,26). The van der Waals surface area contributed by atoms with Crippen LogP contribution in [-0.2, 0) is 11.4 Å². The van der Waals surface area contributed by atoms with E-state index in [-0.39, 0.29) is 11.7 Å². The largest absolute Gasteiger partial charge is 0.493 e. The van der Waals surface area contributed by atoms with Crippen LogP contribution in [-0.4, -0.2) is 33.7 Å². The zero-order valence-electron chi connectivity index (χ0n) is 16.5. The molecule has 3 rings (SSSR count). The number of carbonyl (C=O) groups is 1. The van der Waals surface area contributed by atoms with Gasteiger partial charge < -0.3 is 14.8 Å². The molecule has 0 unspecified atom stereocenters. The lowest BCUT2D eigenvalue weighted by Crippen LogP contribution is -2.14. The van der Waals surface area contributed by atoms with Crippen molar-refractivity contribution < 1.29 is 14.3 Å². The van der Waals surface area contributed by atoms with Crippen molar-refractivity contribution in [3.05, 3.63) is 65.7 Å². The van der Waals surface area contributed by atoms with E-state index in [1.165, 1.54) is 11.8 Å². The number of carbonyl (C=O) groups excluding carboxylic acids is 1. The molecule has 2 heterocycles. The van der Waals surface area contributed by atoms with E-state index in [2.05, 4.69) is 20.3 Å². The first-order chi connectivity index (χ1) is 14.0. The second-order valence-corrected chi connectivity index (χ2v) is 7.23. The fourth-order valence-corrected chi connectivity index (χ4v) is 3.35. The van der Waals surface area contributed by atoms with E-state index in [0.717, 1.165) is 17.0 Å². The highest BCUT2D eigenvalue weighted by atomic mass is 32.2. The van der Waals surface area contributed by atoms with E-state index in [1.54, 1.807) is 37.7 Å². The van der Waals surface area contributed by atoms with E-state index >= 15 is 0 Å². The maximum Gasteiger partial charge on any atom is 0.234 e. The molecule has 0 atom stereocenters. The van der Waals surface area contributed by atoms with Crippen LogP contribution in [0.1, 0.15) is 17.0 Å². The number of amides is 1. The van der Waals surface area contributed by atoms with Crippen molar-refractivity contribution in [1.29, 1.82) is 0 Å². The van der Waals surface area contributed by atoms with Gasteiger partial charge >= 0.3 is 0 Å². The predicted molar refractivity (Wildman–Crippen MR) is 112 cm³/mol. The zero-order chi connectivity index (χ0) is 20.6. The monoisotopic (exact) mass is 410 g/mol. The minimum absolute atomic E-state index is 0.152. The van der Waals surface area contributed by atoms with Gasteiger partial charge in [0.1, 0.15) is 6.61 Å². The van der Waals surface area contributed by atoms with Crippen LogP contribution in [0.25, 0.3) is 0 Å². The van der Waals surface area contributed by atoms with E-state index in [9.17, 15) is 4.79 Å². The zero-order valence-corrected chi connectivity index (χ0v) is 17.3. The van der Waals surface area contributed by atoms with Crippen molar-refractivity contribution in [3.63, 3.8) is 0 Å². The third kappa shape index (κ3) is 6.18. The maximum atomic E-state index is 12.3. The van der Waals surface area contributed by atoms with Crippen LogP contribution in [0.5, 0.6) is 11.5 Å². The summed E-state index contributed by atoms with van der Waals surface area (Å²) < 4.78 is 11.2. The van der Waals surface area contributed by atoms with Gasteiger partial charge in [0.05, 0.1) is 12.9 Å². The number of nitrogens with zero attached hydrogens (tertiary/aromatic N) is 3. The van der Waals surface area contributed by atoms with Gasteiger partial charge in [-0.05, 0) is 38.1 Å². The van der Waals surface area contributed by atoms with Crippen LogP contribution in [0.2, 0.25) is 0 Å². The fraction of sp³-hybridized carbons (Fsp3) is 0.238. The summed E-state index contributed by atoms with van der Waals surface area (Å²) in [7, 11) is 1.57. The Labute approximate surface area is 173 Å². The summed E-state index contributed by atoms with van der Waals surface area (Å²) in [5, 5.41) is 3.46. The number of rotatable bonds is 8.